The number of rotatable bonds is 1. The average molecular weight is 367 g/mol. The van der Waals surface area contributed by atoms with Crippen molar-refractivity contribution in [1.82, 2.24) is 0 Å². The number of fused-ring (bicyclic) bond motifs is 2. The average Bonchev–Trinajstić information content (AvgIpc) is 3.16. The van der Waals surface area contributed by atoms with Gasteiger partial charge >= 0.3 is 0 Å². The molecule has 2 heterocycles. The molecule has 0 atom stereocenters. The second kappa shape index (κ2) is 9.05. The van der Waals surface area contributed by atoms with E-state index in [1.807, 2.05) is 32.1 Å². The molecule has 0 bridgehead atoms. The van der Waals surface area contributed by atoms with Crippen LogP contribution in [0.15, 0.2) is 52.9 Å². The summed E-state index contributed by atoms with van der Waals surface area (Å²) >= 11 is 1.86. The van der Waals surface area contributed by atoms with E-state index in [2.05, 4.69) is 76.2 Å². The van der Waals surface area contributed by atoms with Gasteiger partial charge in [0.1, 0.15) is 11.3 Å². The molecular formula is C24H30OS. The van der Waals surface area contributed by atoms with Gasteiger partial charge in [-0.2, -0.15) is 0 Å². The van der Waals surface area contributed by atoms with Gasteiger partial charge in [0.05, 0.1) is 0 Å². The van der Waals surface area contributed by atoms with Crippen LogP contribution in [0.5, 0.6) is 0 Å². The summed E-state index contributed by atoms with van der Waals surface area (Å²) in [6.45, 7) is 14.6. The van der Waals surface area contributed by atoms with E-state index < -0.39 is 0 Å². The maximum Gasteiger partial charge on any atom is 0.134 e. The molecule has 0 fully saturated rings. The molecule has 0 spiro atoms. The summed E-state index contributed by atoms with van der Waals surface area (Å²) in [4.78, 5) is 1.39. The smallest absolute Gasteiger partial charge is 0.134 e. The zero-order chi connectivity index (χ0) is 19.3. The second-order valence-corrected chi connectivity index (χ2v) is 8.00. The van der Waals surface area contributed by atoms with Crippen molar-refractivity contribution >= 4 is 32.4 Å². The van der Waals surface area contributed by atoms with Crippen LogP contribution < -0.4 is 0 Å². The molecule has 2 aromatic heterocycles. The Balaban J connectivity index is 0.000000173. The van der Waals surface area contributed by atoms with E-state index in [0.717, 1.165) is 11.3 Å². The highest BCUT2D eigenvalue weighted by molar-refractivity contribution is 7.19. The third-order valence-electron chi connectivity index (χ3n) is 4.13. The van der Waals surface area contributed by atoms with Gasteiger partial charge < -0.3 is 4.42 Å². The molecule has 0 saturated heterocycles. The van der Waals surface area contributed by atoms with Gasteiger partial charge in [0.25, 0.3) is 0 Å². The lowest BCUT2D eigenvalue weighted by molar-refractivity contribution is 0.578. The molecule has 2 aromatic carbocycles. The van der Waals surface area contributed by atoms with Crippen molar-refractivity contribution in [2.24, 2.45) is 0 Å². The molecule has 0 saturated carbocycles. The topological polar surface area (TPSA) is 13.1 Å². The maximum absolute atomic E-state index is 5.56. The van der Waals surface area contributed by atoms with E-state index in [4.69, 9.17) is 4.42 Å². The van der Waals surface area contributed by atoms with E-state index in [0.29, 0.717) is 5.92 Å². The van der Waals surface area contributed by atoms with Crippen LogP contribution >= 0.6 is 11.3 Å². The number of furan rings is 1. The van der Waals surface area contributed by atoms with E-state index in [9.17, 15) is 0 Å². The highest BCUT2D eigenvalue weighted by Gasteiger charge is 2.03. The van der Waals surface area contributed by atoms with Gasteiger partial charge in [-0.05, 0) is 61.9 Å². The summed E-state index contributed by atoms with van der Waals surface area (Å²) < 4.78 is 6.96. The third-order valence-corrected chi connectivity index (χ3v) is 5.16. The second-order valence-electron chi connectivity index (χ2n) is 6.71. The first-order valence-corrected chi connectivity index (χ1v) is 10.2. The summed E-state index contributed by atoms with van der Waals surface area (Å²) in [5.41, 5.74) is 3.68. The predicted molar refractivity (Wildman–Crippen MR) is 118 cm³/mol. The van der Waals surface area contributed by atoms with E-state index in [1.165, 1.54) is 31.5 Å². The van der Waals surface area contributed by atoms with Gasteiger partial charge in [0.15, 0.2) is 0 Å². The lowest BCUT2D eigenvalue weighted by Gasteiger charge is -2.03. The number of hydrogen-bond acceptors (Lipinski definition) is 2. The lowest BCUT2D eigenvalue weighted by atomic mass is 10.0. The Bertz CT molecular complexity index is 972. The summed E-state index contributed by atoms with van der Waals surface area (Å²) in [5, 5.41) is 2.58. The SMILES string of the molecule is CC.Cc1cc2ccc(C(C)C)cc2o1.Cc1ccc2sc(C)cc2c1. The number of aryl methyl sites for hydroxylation is 3. The van der Waals surface area contributed by atoms with Crippen LogP contribution in [0, 0.1) is 20.8 Å². The first kappa shape index (κ1) is 20.3. The van der Waals surface area contributed by atoms with Gasteiger partial charge in [-0.3, -0.25) is 0 Å². The normalized spacial score (nSPS) is 10.5. The molecule has 138 valence electrons. The molecule has 0 amide bonds. The van der Waals surface area contributed by atoms with Crippen LogP contribution in [-0.4, -0.2) is 0 Å². The minimum atomic E-state index is 0.565. The third kappa shape index (κ3) is 4.98. The van der Waals surface area contributed by atoms with Crippen LogP contribution in [0.4, 0.5) is 0 Å². The van der Waals surface area contributed by atoms with Crippen molar-refractivity contribution in [3.05, 3.63) is 70.3 Å². The quantitative estimate of drug-likeness (QED) is 0.329. The monoisotopic (exact) mass is 366 g/mol. The number of thiophene rings is 1. The van der Waals surface area contributed by atoms with Crippen molar-refractivity contribution in [3.8, 4) is 0 Å². The minimum absolute atomic E-state index is 0.565. The highest BCUT2D eigenvalue weighted by Crippen LogP contribution is 2.25. The first-order valence-electron chi connectivity index (χ1n) is 9.39. The molecular weight excluding hydrogens is 336 g/mol. The van der Waals surface area contributed by atoms with Gasteiger partial charge in [-0.1, -0.05) is 57.5 Å². The van der Waals surface area contributed by atoms with Crippen molar-refractivity contribution in [2.45, 2.75) is 54.4 Å². The van der Waals surface area contributed by atoms with Crippen LogP contribution in [0.25, 0.3) is 21.1 Å². The Morgan fingerprint density at radius 2 is 1.54 bits per heavy atom. The molecule has 0 radical (unpaired) electrons. The zero-order valence-electron chi connectivity index (χ0n) is 17.0. The predicted octanol–water partition coefficient (Wildman–Crippen LogP) is 8.41. The Morgan fingerprint density at radius 3 is 2.23 bits per heavy atom. The van der Waals surface area contributed by atoms with Gasteiger partial charge in [0.2, 0.25) is 0 Å². The Kier molecular flexibility index (Phi) is 7.05. The Hall–Kier alpha value is -2.06. The summed E-state index contributed by atoms with van der Waals surface area (Å²) in [7, 11) is 0. The molecule has 0 aliphatic heterocycles. The van der Waals surface area contributed by atoms with Crippen molar-refractivity contribution < 1.29 is 4.42 Å². The van der Waals surface area contributed by atoms with Crippen LogP contribution in [-0.2, 0) is 0 Å². The highest BCUT2D eigenvalue weighted by atomic mass is 32.1. The summed E-state index contributed by atoms with van der Waals surface area (Å²) in [6.07, 6.45) is 0. The molecule has 4 aromatic rings. The van der Waals surface area contributed by atoms with E-state index >= 15 is 0 Å². The van der Waals surface area contributed by atoms with Crippen molar-refractivity contribution in [2.75, 3.05) is 0 Å². The Labute approximate surface area is 161 Å². The zero-order valence-corrected chi connectivity index (χ0v) is 17.8. The first-order chi connectivity index (χ1) is 12.4. The van der Waals surface area contributed by atoms with Crippen molar-refractivity contribution in [3.63, 3.8) is 0 Å². The summed E-state index contributed by atoms with van der Waals surface area (Å²) in [5.74, 6) is 1.55. The Morgan fingerprint density at radius 1 is 0.808 bits per heavy atom. The van der Waals surface area contributed by atoms with Crippen LogP contribution in [0.2, 0.25) is 0 Å². The van der Waals surface area contributed by atoms with Gasteiger partial charge in [-0.25, -0.2) is 0 Å². The molecule has 0 unspecified atom stereocenters. The van der Waals surface area contributed by atoms with E-state index in [1.54, 1.807) is 0 Å². The fraction of sp³-hybridized carbons (Fsp3) is 0.333. The largest absolute Gasteiger partial charge is 0.461 e. The molecule has 26 heavy (non-hydrogen) atoms. The van der Waals surface area contributed by atoms with Crippen molar-refractivity contribution in [1.29, 1.82) is 0 Å². The molecule has 0 N–H and O–H groups in total. The standard InChI is InChI=1S/C12H14O.C10H10S.C2H6/c1-8(2)10-4-5-11-6-9(3)13-12(11)7-10;1-7-3-4-10-9(5-7)6-8(2)11-10;1-2/h4-8H,1-3H3;3-6H,1-2H3;1-2H3. The van der Waals surface area contributed by atoms with Gasteiger partial charge in [0, 0.05) is 15.0 Å². The minimum Gasteiger partial charge on any atom is -0.461 e. The number of hydrogen-bond donors (Lipinski definition) is 0. The molecule has 4 rings (SSSR count). The van der Waals surface area contributed by atoms with Gasteiger partial charge in [-0.15, -0.1) is 11.3 Å². The molecule has 1 nitrogen and oxygen atoms in total. The lowest BCUT2D eigenvalue weighted by Crippen LogP contribution is -1.84. The fourth-order valence-electron chi connectivity index (χ4n) is 2.84. The fourth-order valence-corrected chi connectivity index (χ4v) is 3.74. The molecule has 0 aliphatic rings. The number of benzene rings is 2. The van der Waals surface area contributed by atoms with E-state index in [-0.39, 0.29) is 0 Å². The van der Waals surface area contributed by atoms with Crippen LogP contribution in [0.3, 0.4) is 0 Å². The summed E-state index contributed by atoms with van der Waals surface area (Å²) in [6, 6.07) is 17.3. The maximum atomic E-state index is 5.56. The molecule has 2 heteroatoms. The molecule has 0 aliphatic carbocycles. The van der Waals surface area contributed by atoms with Crippen LogP contribution in [0.1, 0.15) is 55.4 Å².